The maximum atomic E-state index is 13.1. The summed E-state index contributed by atoms with van der Waals surface area (Å²) < 4.78 is 0. The fraction of sp³-hybridized carbons (Fsp3) is 0.333. The number of imide groups is 1. The van der Waals surface area contributed by atoms with Gasteiger partial charge in [0.1, 0.15) is 0 Å². The van der Waals surface area contributed by atoms with Crippen molar-refractivity contribution in [2.45, 2.75) is 32.1 Å². The predicted molar refractivity (Wildman–Crippen MR) is 117 cm³/mol. The number of carbonyl (C=O) groups is 2. The third-order valence-corrected chi connectivity index (χ3v) is 6.64. The van der Waals surface area contributed by atoms with Gasteiger partial charge in [0.2, 0.25) is 0 Å². The number of aromatic amines is 1. The molecular formula is C21H20BClN4O4. The van der Waals surface area contributed by atoms with Gasteiger partial charge in [0.05, 0.1) is 33.1 Å². The van der Waals surface area contributed by atoms with E-state index in [-0.39, 0.29) is 23.4 Å². The highest BCUT2D eigenvalue weighted by molar-refractivity contribution is 6.45. The monoisotopic (exact) mass is 438 g/mol. The maximum Gasteiger partial charge on any atom is 0.376 e. The molecule has 1 saturated heterocycles. The Kier molecular flexibility index (Phi) is 4.84. The van der Waals surface area contributed by atoms with Crippen molar-refractivity contribution in [2.24, 2.45) is 4.99 Å². The summed E-state index contributed by atoms with van der Waals surface area (Å²) in [6, 6.07) is 4.78. The van der Waals surface area contributed by atoms with Crippen LogP contribution in [0.4, 0.5) is 5.69 Å². The Bertz CT molecular complexity index is 1200. The van der Waals surface area contributed by atoms with Crippen molar-refractivity contribution in [3.63, 3.8) is 0 Å². The van der Waals surface area contributed by atoms with Crippen LogP contribution in [0.1, 0.15) is 44.7 Å². The van der Waals surface area contributed by atoms with Crippen molar-refractivity contribution in [3.05, 3.63) is 62.0 Å². The fourth-order valence-electron chi connectivity index (χ4n) is 4.67. The number of amides is 2. The number of hydrogen-bond acceptors (Lipinski definition) is 6. The number of hydrogen-bond donors (Lipinski definition) is 2. The quantitative estimate of drug-likeness (QED) is 0.562. The Hall–Kier alpha value is -2.75. The van der Waals surface area contributed by atoms with E-state index in [0.717, 1.165) is 5.56 Å². The molecule has 8 nitrogen and oxygen atoms in total. The largest absolute Gasteiger partial charge is 0.437 e. The van der Waals surface area contributed by atoms with Crippen LogP contribution in [0.5, 0.6) is 0 Å². The minimum Gasteiger partial charge on any atom is -0.437 e. The second-order valence-electron chi connectivity index (χ2n) is 8.17. The molecular weight excluding hydrogens is 419 g/mol. The first kappa shape index (κ1) is 20.2. The number of nitrogens with one attached hydrogen (secondary N) is 1. The minimum absolute atomic E-state index is 0.182. The number of fused-ring (bicyclic) bond motifs is 2. The van der Waals surface area contributed by atoms with Gasteiger partial charge in [-0.25, -0.2) is 0 Å². The fourth-order valence-corrected chi connectivity index (χ4v) is 4.92. The summed E-state index contributed by atoms with van der Waals surface area (Å²) in [7, 11) is -0.538. The zero-order valence-corrected chi connectivity index (χ0v) is 17.6. The van der Waals surface area contributed by atoms with E-state index >= 15 is 0 Å². The molecule has 0 atom stereocenters. The molecule has 158 valence electrons. The number of rotatable bonds is 3. The average Bonchev–Trinajstić information content (AvgIpc) is 3.25. The zero-order valence-electron chi connectivity index (χ0n) is 16.9. The van der Waals surface area contributed by atoms with E-state index in [2.05, 4.69) is 9.98 Å². The standard InChI is InChI=1S/C21H20BClN4O4/c1-22(31)26-6-3-12(4-7-26)27-20(29)13-8-11-9-17(18-15(23)2-5-24-19(18)28)25-16(11)10-14(13)21(27)30/h2,5,8,10,12,31H,3-4,6-7,9H2,1H3,(H,24,28). The Labute approximate surface area is 183 Å². The van der Waals surface area contributed by atoms with Crippen LogP contribution in [-0.2, 0) is 6.42 Å². The van der Waals surface area contributed by atoms with Gasteiger partial charge < -0.3 is 14.8 Å². The molecule has 1 fully saturated rings. The molecule has 0 bridgehead atoms. The Morgan fingerprint density at radius 2 is 1.84 bits per heavy atom. The molecule has 2 aromatic rings. The molecule has 0 unspecified atom stereocenters. The van der Waals surface area contributed by atoms with E-state index < -0.39 is 7.05 Å². The smallest absolute Gasteiger partial charge is 0.376 e. The van der Waals surface area contributed by atoms with Crippen LogP contribution in [0, 0.1) is 0 Å². The molecule has 2 amide bonds. The van der Waals surface area contributed by atoms with E-state index in [1.165, 1.54) is 11.1 Å². The number of piperidine rings is 1. The third kappa shape index (κ3) is 3.24. The van der Waals surface area contributed by atoms with Crippen molar-refractivity contribution >= 4 is 41.9 Å². The lowest BCUT2D eigenvalue weighted by atomic mass is 9.82. The van der Waals surface area contributed by atoms with E-state index in [0.29, 0.717) is 65.5 Å². The van der Waals surface area contributed by atoms with Gasteiger partial charge in [-0.1, -0.05) is 11.6 Å². The Morgan fingerprint density at radius 3 is 2.48 bits per heavy atom. The first-order valence-corrected chi connectivity index (χ1v) is 10.6. The molecule has 3 aliphatic rings. The van der Waals surface area contributed by atoms with E-state index in [1.807, 2.05) is 4.81 Å². The SMILES string of the molecule is CB(O)N1CCC(N2C(=O)c3cc4c(cc3C2=O)N=C(c2c(Cl)cc[nH]c2=O)C4)CC1. The topological polar surface area (TPSA) is 106 Å². The van der Waals surface area contributed by atoms with Gasteiger partial charge in [0.25, 0.3) is 17.4 Å². The molecule has 0 spiro atoms. The van der Waals surface area contributed by atoms with Gasteiger partial charge in [-0.3, -0.25) is 24.3 Å². The van der Waals surface area contributed by atoms with Gasteiger partial charge in [0.15, 0.2) is 0 Å². The Balaban J connectivity index is 1.43. The number of carbonyl (C=O) groups excluding carboxylic acids is 2. The van der Waals surface area contributed by atoms with Gasteiger partial charge in [-0.2, -0.15) is 0 Å². The normalized spacial score (nSPS) is 18.9. The first-order valence-electron chi connectivity index (χ1n) is 10.3. The van der Waals surface area contributed by atoms with Crippen molar-refractivity contribution < 1.29 is 14.6 Å². The highest BCUT2D eigenvalue weighted by Gasteiger charge is 2.42. The first-order chi connectivity index (χ1) is 14.8. The molecule has 4 heterocycles. The van der Waals surface area contributed by atoms with Crippen LogP contribution in [0.25, 0.3) is 0 Å². The molecule has 0 radical (unpaired) electrons. The summed E-state index contributed by atoms with van der Waals surface area (Å²) in [5.74, 6) is -0.597. The highest BCUT2D eigenvalue weighted by Crippen LogP contribution is 2.37. The number of pyridine rings is 1. The zero-order chi connectivity index (χ0) is 21.9. The summed E-state index contributed by atoms with van der Waals surface area (Å²) in [5, 5.41) is 10.1. The van der Waals surface area contributed by atoms with Crippen LogP contribution >= 0.6 is 11.6 Å². The van der Waals surface area contributed by atoms with Gasteiger partial charge in [-0.05, 0) is 56.5 Å². The Morgan fingerprint density at radius 1 is 1.16 bits per heavy atom. The summed E-state index contributed by atoms with van der Waals surface area (Å²) in [4.78, 5) is 48.9. The van der Waals surface area contributed by atoms with Crippen LogP contribution in [0.15, 0.2) is 34.2 Å². The highest BCUT2D eigenvalue weighted by atomic mass is 35.5. The second kappa shape index (κ2) is 7.44. The molecule has 10 heteroatoms. The molecule has 3 aliphatic heterocycles. The molecule has 31 heavy (non-hydrogen) atoms. The lowest BCUT2D eigenvalue weighted by Gasteiger charge is -2.36. The number of nitrogens with zero attached hydrogens (tertiary/aromatic N) is 3. The number of benzene rings is 1. The summed E-state index contributed by atoms with van der Waals surface area (Å²) >= 11 is 6.20. The van der Waals surface area contributed by atoms with Crippen molar-refractivity contribution in [1.82, 2.24) is 14.7 Å². The van der Waals surface area contributed by atoms with Gasteiger partial charge in [-0.15, -0.1) is 0 Å². The molecule has 5 rings (SSSR count). The summed E-state index contributed by atoms with van der Waals surface area (Å²) in [6.45, 7) is 2.98. The molecule has 2 N–H and O–H groups in total. The van der Waals surface area contributed by atoms with Crippen LogP contribution < -0.4 is 5.56 Å². The number of aromatic nitrogens is 1. The van der Waals surface area contributed by atoms with E-state index in [9.17, 15) is 19.4 Å². The third-order valence-electron chi connectivity index (χ3n) is 6.32. The number of halogens is 1. The second-order valence-corrected chi connectivity index (χ2v) is 8.58. The van der Waals surface area contributed by atoms with Crippen molar-refractivity contribution in [3.8, 4) is 0 Å². The number of aliphatic imine (C=N–C) groups is 1. The van der Waals surface area contributed by atoms with Crippen LogP contribution in [0.3, 0.4) is 0 Å². The molecule has 0 aliphatic carbocycles. The van der Waals surface area contributed by atoms with Gasteiger partial charge in [0, 0.05) is 18.7 Å². The lowest BCUT2D eigenvalue weighted by molar-refractivity contribution is 0.0531. The summed E-state index contributed by atoms with van der Waals surface area (Å²) in [5.41, 5.74) is 2.61. The van der Waals surface area contributed by atoms with Crippen molar-refractivity contribution in [1.29, 1.82) is 0 Å². The number of H-pyrrole nitrogens is 1. The molecule has 1 aromatic carbocycles. The van der Waals surface area contributed by atoms with E-state index in [1.54, 1.807) is 25.0 Å². The van der Waals surface area contributed by atoms with Crippen LogP contribution in [0.2, 0.25) is 11.8 Å². The predicted octanol–water partition coefficient (Wildman–Crippen LogP) is 1.88. The average molecular weight is 439 g/mol. The molecule has 1 aromatic heterocycles. The lowest BCUT2D eigenvalue weighted by Crippen LogP contribution is -2.50. The van der Waals surface area contributed by atoms with E-state index in [4.69, 9.17) is 11.6 Å². The minimum atomic E-state index is -0.538. The van der Waals surface area contributed by atoms with Crippen molar-refractivity contribution in [2.75, 3.05) is 13.1 Å². The molecule has 0 saturated carbocycles. The maximum absolute atomic E-state index is 13.1. The van der Waals surface area contributed by atoms with Crippen LogP contribution in [-0.4, -0.2) is 63.4 Å². The van der Waals surface area contributed by atoms with Gasteiger partial charge >= 0.3 is 7.05 Å². The summed E-state index contributed by atoms with van der Waals surface area (Å²) in [6.07, 6.45) is 3.11.